The second-order valence-corrected chi connectivity index (χ2v) is 5.97. The standard InChI is InChI=1S/C16H27N5O3/c1-4-8-17-16(24)7-9-21-11-13(19-20-21)10-18-15(23)6-5-14(22)12(2)3/h11-12H,4-10H2,1-3H3,(H,17,24)(H,18,23). The third kappa shape index (κ3) is 7.85. The highest BCUT2D eigenvalue weighted by atomic mass is 16.2. The van der Waals surface area contributed by atoms with Crippen LogP contribution in [0.1, 0.15) is 52.1 Å². The summed E-state index contributed by atoms with van der Waals surface area (Å²) >= 11 is 0. The molecule has 2 amide bonds. The van der Waals surface area contributed by atoms with Gasteiger partial charge < -0.3 is 10.6 Å². The maximum atomic E-state index is 11.7. The van der Waals surface area contributed by atoms with Gasteiger partial charge in [-0.2, -0.15) is 0 Å². The Balaban J connectivity index is 2.27. The van der Waals surface area contributed by atoms with Crippen molar-refractivity contribution in [3.63, 3.8) is 0 Å². The average Bonchev–Trinajstić information content (AvgIpc) is 3.01. The van der Waals surface area contributed by atoms with E-state index >= 15 is 0 Å². The van der Waals surface area contributed by atoms with Crippen molar-refractivity contribution in [2.24, 2.45) is 5.92 Å². The fourth-order valence-electron chi connectivity index (χ4n) is 1.90. The Morgan fingerprint density at radius 3 is 2.50 bits per heavy atom. The van der Waals surface area contributed by atoms with E-state index in [1.807, 2.05) is 20.8 Å². The van der Waals surface area contributed by atoms with Crippen molar-refractivity contribution in [2.45, 2.75) is 59.5 Å². The van der Waals surface area contributed by atoms with E-state index in [2.05, 4.69) is 20.9 Å². The van der Waals surface area contributed by atoms with E-state index in [1.165, 1.54) is 0 Å². The number of nitrogens with zero attached hydrogens (tertiary/aromatic N) is 3. The zero-order valence-electron chi connectivity index (χ0n) is 14.7. The number of ketones is 1. The van der Waals surface area contributed by atoms with E-state index in [0.717, 1.165) is 6.42 Å². The lowest BCUT2D eigenvalue weighted by molar-refractivity contribution is -0.126. The van der Waals surface area contributed by atoms with Gasteiger partial charge in [0.2, 0.25) is 11.8 Å². The lowest BCUT2D eigenvalue weighted by Crippen LogP contribution is -2.25. The first kappa shape index (κ1) is 19.8. The fourth-order valence-corrected chi connectivity index (χ4v) is 1.90. The summed E-state index contributed by atoms with van der Waals surface area (Å²) in [6, 6.07) is 0. The maximum Gasteiger partial charge on any atom is 0.221 e. The highest BCUT2D eigenvalue weighted by Crippen LogP contribution is 2.02. The van der Waals surface area contributed by atoms with Gasteiger partial charge in [-0.1, -0.05) is 26.0 Å². The minimum Gasteiger partial charge on any atom is -0.356 e. The van der Waals surface area contributed by atoms with Crippen molar-refractivity contribution in [2.75, 3.05) is 6.54 Å². The molecule has 0 aliphatic rings. The summed E-state index contributed by atoms with van der Waals surface area (Å²) < 4.78 is 1.58. The zero-order valence-corrected chi connectivity index (χ0v) is 14.7. The molecular weight excluding hydrogens is 310 g/mol. The summed E-state index contributed by atoms with van der Waals surface area (Å²) in [5, 5.41) is 13.4. The quantitative estimate of drug-likeness (QED) is 0.622. The number of aryl methyl sites for hydroxylation is 1. The van der Waals surface area contributed by atoms with Crippen molar-refractivity contribution in [1.82, 2.24) is 25.6 Å². The van der Waals surface area contributed by atoms with E-state index in [4.69, 9.17) is 0 Å². The molecule has 1 aromatic heterocycles. The molecule has 1 heterocycles. The molecule has 0 saturated heterocycles. The predicted octanol–water partition coefficient (Wildman–Crippen LogP) is 0.816. The molecule has 0 aliphatic heterocycles. The number of rotatable bonds is 11. The molecule has 0 atom stereocenters. The number of hydrogen-bond acceptors (Lipinski definition) is 5. The summed E-state index contributed by atoms with van der Waals surface area (Å²) in [6.07, 6.45) is 3.38. The molecule has 0 aromatic carbocycles. The molecule has 1 aromatic rings. The lowest BCUT2D eigenvalue weighted by atomic mass is 10.0. The summed E-state index contributed by atoms with van der Waals surface area (Å²) in [5.74, 6) is -0.167. The van der Waals surface area contributed by atoms with Crippen LogP contribution in [0, 0.1) is 5.92 Å². The molecule has 1 rings (SSSR count). The van der Waals surface area contributed by atoms with Gasteiger partial charge in [0.15, 0.2) is 0 Å². The summed E-state index contributed by atoms with van der Waals surface area (Å²) in [4.78, 5) is 34.7. The zero-order chi connectivity index (χ0) is 17.9. The van der Waals surface area contributed by atoms with E-state index in [0.29, 0.717) is 25.2 Å². The smallest absolute Gasteiger partial charge is 0.221 e. The molecule has 0 fully saturated rings. The van der Waals surface area contributed by atoms with Gasteiger partial charge in [-0.15, -0.1) is 5.10 Å². The van der Waals surface area contributed by atoms with Gasteiger partial charge in [0.25, 0.3) is 0 Å². The second-order valence-electron chi connectivity index (χ2n) is 5.97. The number of carbonyl (C=O) groups excluding carboxylic acids is 3. The first-order valence-electron chi connectivity index (χ1n) is 8.37. The van der Waals surface area contributed by atoms with Gasteiger partial charge in [-0.3, -0.25) is 19.1 Å². The third-order valence-corrected chi connectivity index (χ3v) is 3.44. The molecular formula is C16H27N5O3. The molecule has 0 aliphatic carbocycles. The van der Waals surface area contributed by atoms with Crippen LogP contribution in [0.4, 0.5) is 0 Å². The Hall–Kier alpha value is -2.25. The van der Waals surface area contributed by atoms with Crippen LogP contribution in [-0.2, 0) is 27.5 Å². The van der Waals surface area contributed by atoms with Crippen molar-refractivity contribution < 1.29 is 14.4 Å². The second kappa shape index (κ2) is 10.5. The minimum absolute atomic E-state index is 0.0166. The van der Waals surface area contributed by atoms with Crippen LogP contribution in [0.2, 0.25) is 0 Å². The van der Waals surface area contributed by atoms with Crippen LogP contribution in [0.3, 0.4) is 0 Å². The van der Waals surface area contributed by atoms with Crippen molar-refractivity contribution in [3.8, 4) is 0 Å². The Morgan fingerprint density at radius 2 is 1.83 bits per heavy atom. The van der Waals surface area contributed by atoms with Crippen LogP contribution in [0.15, 0.2) is 6.20 Å². The first-order chi connectivity index (χ1) is 11.4. The number of Topliss-reactive ketones (excluding diaryl/α,β-unsaturated/α-hetero) is 1. The largest absolute Gasteiger partial charge is 0.356 e. The van der Waals surface area contributed by atoms with Gasteiger partial charge >= 0.3 is 0 Å². The third-order valence-electron chi connectivity index (χ3n) is 3.44. The number of carbonyl (C=O) groups is 3. The van der Waals surface area contributed by atoms with Gasteiger partial charge in [-0.25, -0.2) is 0 Å². The number of amides is 2. The van der Waals surface area contributed by atoms with E-state index in [-0.39, 0.29) is 42.9 Å². The number of aromatic nitrogens is 3. The Morgan fingerprint density at radius 1 is 1.12 bits per heavy atom. The van der Waals surface area contributed by atoms with Crippen LogP contribution in [-0.4, -0.2) is 39.1 Å². The molecule has 0 spiro atoms. The summed E-state index contributed by atoms with van der Waals surface area (Å²) in [5.41, 5.74) is 0.618. The van der Waals surface area contributed by atoms with Crippen LogP contribution < -0.4 is 10.6 Å². The maximum absolute atomic E-state index is 11.7. The predicted molar refractivity (Wildman–Crippen MR) is 88.9 cm³/mol. The van der Waals surface area contributed by atoms with Crippen molar-refractivity contribution in [3.05, 3.63) is 11.9 Å². The highest BCUT2D eigenvalue weighted by molar-refractivity contribution is 5.85. The van der Waals surface area contributed by atoms with E-state index in [1.54, 1.807) is 10.9 Å². The van der Waals surface area contributed by atoms with Crippen molar-refractivity contribution in [1.29, 1.82) is 0 Å². The van der Waals surface area contributed by atoms with Gasteiger partial charge in [0.05, 0.1) is 19.3 Å². The monoisotopic (exact) mass is 337 g/mol. The minimum atomic E-state index is -0.183. The highest BCUT2D eigenvalue weighted by Gasteiger charge is 2.11. The van der Waals surface area contributed by atoms with Crippen LogP contribution in [0.5, 0.6) is 0 Å². The number of hydrogen-bond donors (Lipinski definition) is 2. The van der Waals surface area contributed by atoms with Crippen LogP contribution >= 0.6 is 0 Å². The SMILES string of the molecule is CCCNC(=O)CCn1cc(CNC(=O)CCC(=O)C(C)C)nn1. The molecule has 0 bridgehead atoms. The van der Waals surface area contributed by atoms with Gasteiger partial charge in [0.1, 0.15) is 11.5 Å². The van der Waals surface area contributed by atoms with Crippen LogP contribution in [0.25, 0.3) is 0 Å². The molecule has 24 heavy (non-hydrogen) atoms. The van der Waals surface area contributed by atoms with E-state index < -0.39 is 0 Å². The summed E-state index contributed by atoms with van der Waals surface area (Å²) in [6.45, 7) is 7.02. The molecule has 134 valence electrons. The molecule has 0 unspecified atom stereocenters. The normalized spacial score (nSPS) is 10.7. The lowest BCUT2D eigenvalue weighted by Gasteiger charge is -2.04. The molecule has 2 N–H and O–H groups in total. The Kier molecular flexibility index (Phi) is 8.67. The van der Waals surface area contributed by atoms with Gasteiger partial charge in [0, 0.05) is 31.7 Å². The number of nitrogens with one attached hydrogen (secondary N) is 2. The molecule has 8 heteroatoms. The topological polar surface area (TPSA) is 106 Å². The average molecular weight is 337 g/mol. The molecule has 0 radical (unpaired) electrons. The Bertz CT molecular complexity index is 554. The molecule has 0 saturated carbocycles. The van der Waals surface area contributed by atoms with Gasteiger partial charge in [-0.05, 0) is 6.42 Å². The van der Waals surface area contributed by atoms with E-state index in [9.17, 15) is 14.4 Å². The Labute approximate surface area is 142 Å². The van der Waals surface area contributed by atoms with Crippen molar-refractivity contribution >= 4 is 17.6 Å². The molecule has 8 nitrogen and oxygen atoms in total. The summed E-state index contributed by atoms with van der Waals surface area (Å²) in [7, 11) is 0. The first-order valence-corrected chi connectivity index (χ1v) is 8.37. The fraction of sp³-hybridized carbons (Fsp3) is 0.688.